The fraction of sp³-hybridized carbons (Fsp3) is 0. The smallest absolute Gasteiger partial charge is 0.240 e. The predicted octanol–water partition coefficient (Wildman–Crippen LogP) is 4.22. The molecular formula is C18H12ClN5O. The molecule has 0 radical (unpaired) electrons. The molecule has 0 unspecified atom stereocenters. The topological polar surface area (TPSA) is 94.7 Å². The number of nitrogens with one attached hydrogen (secondary N) is 3. The molecule has 0 saturated carbocycles. The van der Waals surface area contributed by atoms with Crippen LogP contribution in [0.4, 0.5) is 11.5 Å². The Morgan fingerprint density at radius 2 is 1.60 bits per heavy atom. The van der Waals surface area contributed by atoms with E-state index in [1.165, 1.54) is 0 Å². The molecule has 1 aliphatic rings. The lowest BCUT2D eigenvalue weighted by molar-refractivity contribution is 0.552. The van der Waals surface area contributed by atoms with Crippen LogP contribution < -0.4 is 5.32 Å². The minimum Gasteiger partial charge on any atom is -0.419 e. The van der Waals surface area contributed by atoms with Crippen LogP contribution in [0.25, 0.3) is 11.4 Å². The fourth-order valence-electron chi connectivity index (χ4n) is 2.54. The van der Waals surface area contributed by atoms with E-state index in [0.717, 1.165) is 5.56 Å². The molecule has 122 valence electrons. The Kier molecular flexibility index (Phi) is 3.66. The van der Waals surface area contributed by atoms with E-state index in [1.807, 2.05) is 48.5 Å². The van der Waals surface area contributed by atoms with Gasteiger partial charge < -0.3 is 10.1 Å². The van der Waals surface area contributed by atoms with Crippen molar-refractivity contribution in [2.24, 2.45) is 0 Å². The molecule has 6 nitrogen and oxygen atoms in total. The Morgan fingerprint density at radius 1 is 0.880 bits per heavy atom. The molecule has 2 heterocycles. The second-order valence-corrected chi connectivity index (χ2v) is 5.76. The molecule has 25 heavy (non-hydrogen) atoms. The Labute approximate surface area is 148 Å². The summed E-state index contributed by atoms with van der Waals surface area (Å²) >= 11 is 6.21. The zero-order chi connectivity index (χ0) is 17.4. The minimum absolute atomic E-state index is 0.158. The van der Waals surface area contributed by atoms with Crippen molar-refractivity contribution in [1.29, 1.82) is 10.8 Å². The number of ether oxygens (including phenoxy) is 1. The molecule has 2 aromatic carbocycles. The zero-order valence-corrected chi connectivity index (χ0v) is 13.6. The first-order valence-corrected chi connectivity index (χ1v) is 7.86. The number of aromatic nitrogens is 2. The Bertz CT molecular complexity index is 1000. The number of nitrogens with zero attached hydrogens (tertiary/aromatic N) is 2. The van der Waals surface area contributed by atoms with Crippen molar-refractivity contribution < 1.29 is 4.74 Å². The zero-order valence-electron chi connectivity index (χ0n) is 12.9. The molecule has 0 atom stereocenters. The molecule has 1 aromatic heterocycles. The van der Waals surface area contributed by atoms with Gasteiger partial charge in [0.05, 0.1) is 10.7 Å². The van der Waals surface area contributed by atoms with Crippen molar-refractivity contribution in [3.63, 3.8) is 0 Å². The Balaban J connectivity index is 1.89. The predicted molar refractivity (Wildman–Crippen MR) is 96.9 cm³/mol. The van der Waals surface area contributed by atoms with Crippen molar-refractivity contribution in [1.82, 2.24) is 9.97 Å². The first-order valence-electron chi connectivity index (χ1n) is 7.48. The summed E-state index contributed by atoms with van der Waals surface area (Å²) in [6, 6.07) is 16.7. The number of benzene rings is 2. The summed E-state index contributed by atoms with van der Waals surface area (Å²) < 4.78 is 5.12. The average molecular weight is 350 g/mol. The van der Waals surface area contributed by atoms with E-state index in [4.69, 9.17) is 27.2 Å². The second kappa shape index (κ2) is 5.99. The monoisotopic (exact) mass is 349 g/mol. The molecular weight excluding hydrogens is 338 g/mol. The maximum absolute atomic E-state index is 7.98. The van der Waals surface area contributed by atoms with E-state index in [2.05, 4.69) is 15.3 Å². The van der Waals surface area contributed by atoms with E-state index < -0.39 is 0 Å². The van der Waals surface area contributed by atoms with Crippen LogP contribution in [0.2, 0.25) is 5.02 Å². The second-order valence-electron chi connectivity index (χ2n) is 5.35. The summed E-state index contributed by atoms with van der Waals surface area (Å²) in [5, 5.41) is 19.6. The number of anilines is 2. The van der Waals surface area contributed by atoms with Gasteiger partial charge in [-0.2, -0.15) is 0 Å². The highest BCUT2D eigenvalue weighted by Crippen LogP contribution is 2.31. The van der Waals surface area contributed by atoms with Gasteiger partial charge in [-0.25, -0.2) is 9.97 Å². The molecule has 0 fully saturated rings. The first kappa shape index (κ1) is 15.3. The summed E-state index contributed by atoms with van der Waals surface area (Å²) in [6.07, 6.45) is 0. The highest BCUT2D eigenvalue weighted by atomic mass is 35.5. The van der Waals surface area contributed by atoms with Crippen LogP contribution in [-0.4, -0.2) is 21.8 Å². The van der Waals surface area contributed by atoms with Gasteiger partial charge in [-0.05, 0) is 12.1 Å². The average Bonchev–Trinajstić information content (AvgIpc) is 2.92. The SMILES string of the molecule is N=C1OC(=N)c2c(Nc3ccccc3Cl)nc(-c3ccccc3)nc21. The van der Waals surface area contributed by atoms with Crippen LogP contribution in [0.15, 0.2) is 54.6 Å². The van der Waals surface area contributed by atoms with Crippen molar-refractivity contribution in [3.8, 4) is 11.4 Å². The largest absolute Gasteiger partial charge is 0.419 e. The number of para-hydroxylation sites is 1. The van der Waals surface area contributed by atoms with E-state index in [9.17, 15) is 0 Å². The normalized spacial score (nSPS) is 12.7. The lowest BCUT2D eigenvalue weighted by Gasteiger charge is -2.11. The number of fused-ring (bicyclic) bond motifs is 1. The molecule has 0 amide bonds. The molecule has 4 rings (SSSR count). The highest BCUT2D eigenvalue weighted by Gasteiger charge is 2.31. The van der Waals surface area contributed by atoms with Gasteiger partial charge in [0, 0.05) is 5.56 Å². The van der Waals surface area contributed by atoms with Crippen LogP contribution >= 0.6 is 11.6 Å². The van der Waals surface area contributed by atoms with Gasteiger partial charge in [-0.1, -0.05) is 54.1 Å². The van der Waals surface area contributed by atoms with E-state index >= 15 is 0 Å². The first-order chi connectivity index (χ1) is 12.1. The summed E-state index contributed by atoms with van der Waals surface area (Å²) in [7, 11) is 0. The quantitative estimate of drug-likeness (QED) is 0.659. The minimum atomic E-state index is -0.165. The molecule has 0 aliphatic carbocycles. The lowest BCUT2D eigenvalue weighted by atomic mass is 10.1. The van der Waals surface area contributed by atoms with Crippen molar-refractivity contribution in [3.05, 3.63) is 70.9 Å². The van der Waals surface area contributed by atoms with E-state index in [-0.39, 0.29) is 17.5 Å². The third kappa shape index (κ3) is 2.72. The molecule has 0 bridgehead atoms. The third-order valence-electron chi connectivity index (χ3n) is 3.71. The van der Waals surface area contributed by atoms with Crippen LogP contribution in [-0.2, 0) is 4.74 Å². The van der Waals surface area contributed by atoms with Crippen molar-refractivity contribution in [2.75, 3.05) is 5.32 Å². The summed E-state index contributed by atoms with van der Waals surface area (Å²) in [5.74, 6) is 0.497. The summed E-state index contributed by atoms with van der Waals surface area (Å²) in [4.78, 5) is 8.94. The number of halogens is 1. The Morgan fingerprint density at radius 3 is 2.36 bits per heavy atom. The maximum atomic E-state index is 7.98. The summed E-state index contributed by atoms with van der Waals surface area (Å²) in [6.45, 7) is 0. The van der Waals surface area contributed by atoms with Gasteiger partial charge in [0.15, 0.2) is 5.82 Å². The number of rotatable bonds is 3. The highest BCUT2D eigenvalue weighted by molar-refractivity contribution is 6.33. The maximum Gasteiger partial charge on any atom is 0.240 e. The van der Waals surface area contributed by atoms with Crippen LogP contribution in [0.5, 0.6) is 0 Å². The number of hydrogen-bond donors (Lipinski definition) is 3. The van der Waals surface area contributed by atoms with Crippen LogP contribution in [0.3, 0.4) is 0 Å². The van der Waals surface area contributed by atoms with Gasteiger partial charge in [0.2, 0.25) is 11.8 Å². The van der Waals surface area contributed by atoms with Crippen LogP contribution in [0, 0.1) is 10.8 Å². The molecule has 1 aliphatic heterocycles. The lowest BCUT2D eigenvalue weighted by Crippen LogP contribution is -2.07. The van der Waals surface area contributed by atoms with Gasteiger partial charge in [-0.3, -0.25) is 10.8 Å². The molecule has 3 N–H and O–H groups in total. The van der Waals surface area contributed by atoms with Gasteiger partial charge in [-0.15, -0.1) is 0 Å². The van der Waals surface area contributed by atoms with Crippen molar-refractivity contribution in [2.45, 2.75) is 0 Å². The standard InChI is InChI=1S/C18H12ClN5O/c19-11-8-4-5-9-12(11)22-18-13-14(16(21)25-15(13)20)23-17(24-18)10-6-2-1-3-7-10/h1-9,20-21H,(H,22,23,24). The molecule has 7 heteroatoms. The summed E-state index contributed by atoms with van der Waals surface area (Å²) in [5.41, 5.74) is 2.09. The van der Waals surface area contributed by atoms with Gasteiger partial charge >= 0.3 is 0 Å². The molecule has 0 spiro atoms. The molecule has 3 aromatic rings. The fourth-order valence-corrected chi connectivity index (χ4v) is 2.72. The van der Waals surface area contributed by atoms with Gasteiger partial charge in [0.25, 0.3) is 0 Å². The molecule has 0 saturated heterocycles. The van der Waals surface area contributed by atoms with E-state index in [1.54, 1.807) is 6.07 Å². The number of hydrogen-bond acceptors (Lipinski definition) is 6. The Hall–Kier alpha value is -3.25. The van der Waals surface area contributed by atoms with Crippen LogP contribution in [0.1, 0.15) is 11.3 Å². The van der Waals surface area contributed by atoms with Crippen molar-refractivity contribution >= 4 is 34.9 Å². The van der Waals surface area contributed by atoms with E-state index in [0.29, 0.717) is 27.9 Å². The van der Waals surface area contributed by atoms with Gasteiger partial charge in [0.1, 0.15) is 17.1 Å². The third-order valence-corrected chi connectivity index (χ3v) is 4.04.